The van der Waals surface area contributed by atoms with Gasteiger partial charge in [-0.1, -0.05) is 12.1 Å². The molecule has 33 heavy (non-hydrogen) atoms. The molecule has 1 aliphatic rings. The quantitative estimate of drug-likeness (QED) is 0.243. The van der Waals surface area contributed by atoms with E-state index >= 15 is 0 Å². The standard InChI is InChI=1S/C24H33FN4O3.HI/c1-4-26-24(27-14-23(30)18-5-7-19(25)8-6-18)28-20-9-10-29(16-20)15-17-11-21(31-2)13-22(12-17)32-3;/h5-8,11-13,20,23,30H,4,9-10,14-16H2,1-3H3,(H2,26,27,28);1H. The first-order valence-electron chi connectivity index (χ1n) is 10.9. The molecule has 0 spiro atoms. The van der Waals surface area contributed by atoms with Crippen molar-refractivity contribution < 1.29 is 19.0 Å². The minimum Gasteiger partial charge on any atom is -0.497 e. The number of ether oxygens (including phenoxy) is 2. The monoisotopic (exact) mass is 572 g/mol. The molecule has 0 aliphatic carbocycles. The van der Waals surface area contributed by atoms with Crippen molar-refractivity contribution in [3.63, 3.8) is 0 Å². The maximum absolute atomic E-state index is 13.1. The number of nitrogens with zero attached hydrogens (tertiary/aromatic N) is 2. The third-order valence-corrected chi connectivity index (χ3v) is 5.45. The lowest BCUT2D eigenvalue weighted by Gasteiger charge is -2.20. The van der Waals surface area contributed by atoms with Crippen LogP contribution >= 0.6 is 24.0 Å². The van der Waals surface area contributed by atoms with Gasteiger partial charge in [-0.15, -0.1) is 24.0 Å². The molecule has 3 N–H and O–H groups in total. The topological polar surface area (TPSA) is 78.4 Å². The molecule has 9 heteroatoms. The van der Waals surface area contributed by atoms with Crippen molar-refractivity contribution in [1.82, 2.24) is 15.5 Å². The summed E-state index contributed by atoms with van der Waals surface area (Å²) in [6.45, 7) is 5.58. The molecular weight excluding hydrogens is 538 g/mol. The number of halogens is 2. The van der Waals surface area contributed by atoms with Gasteiger partial charge in [0.15, 0.2) is 5.96 Å². The van der Waals surface area contributed by atoms with Crippen molar-refractivity contribution in [2.75, 3.05) is 40.4 Å². The lowest BCUT2D eigenvalue weighted by atomic mass is 10.1. The molecule has 1 heterocycles. The van der Waals surface area contributed by atoms with E-state index in [9.17, 15) is 9.50 Å². The number of likely N-dealkylation sites (tertiary alicyclic amines) is 1. The van der Waals surface area contributed by atoms with Crippen molar-refractivity contribution in [1.29, 1.82) is 0 Å². The van der Waals surface area contributed by atoms with Crippen molar-refractivity contribution >= 4 is 29.9 Å². The summed E-state index contributed by atoms with van der Waals surface area (Å²) < 4.78 is 23.8. The van der Waals surface area contributed by atoms with Crippen LogP contribution < -0.4 is 20.1 Å². The number of rotatable bonds is 9. The molecule has 1 aliphatic heterocycles. The van der Waals surface area contributed by atoms with E-state index in [4.69, 9.17) is 9.47 Å². The van der Waals surface area contributed by atoms with E-state index in [1.165, 1.54) is 12.1 Å². The fourth-order valence-electron chi connectivity index (χ4n) is 3.79. The smallest absolute Gasteiger partial charge is 0.191 e. The summed E-state index contributed by atoms with van der Waals surface area (Å²) in [5.74, 6) is 1.92. The van der Waals surface area contributed by atoms with Gasteiger partial charge in [0.05, 0.1) is 26.9 Å². The maximum atomic E-state index is 13.1. The number of aliphatic hydroxyl groups excluding tert-OH is 1. The van der Waals surface area contributed by atoms with Crippen LogP contribution in [0, 0.1) is 5.82 Å². The van der Waals surface area contributed by atoms with Crippen molar-refractivity contribution in [3.05, 3.63) is 59.4 Å². The number of hydrogen-bond donors (Lipinski definition) is 3. The molecular formula is C24H34FIN4O3. The molecule has 2 unspecified atom stereocenters. The Hall–Kier alpha value is -2.11. The van der Waals surface area contributed by atoms with Crippen LogP contribution in [0.15, 0.2) is 47.5 Å². The molecule has 2 atom stereocenters. The van der Waals surface area contributed by atoms with Crippen LogP contribution in [0.3, 0.4) is 0 Å². The fourth-order valence-corrected chi connectivity index (χ4v) is 3.79. The minimum atomic E-state index is -0.783. The summed E-state index contributed by atoms with van der Waals surface area (Å²) in [4.78, 5) is 6.91. The molecule has 2 aromatic carbocycles. The Balaban J connectivity index is 0.00000385. The summed E-state index contributed by atoms with van der Waals surface area (Å²) in [6.07, 6.45) is 0.209. The van der Waals surface area contributed by atoms with E-state index in [0.29, 0.717) is 11.5 Å². The van der Waals surface area contributed by atoms with E-state index in [1.807, 2.05) is 25.1 Å². The van der Waals surface area contributed by atoms with E-state index in [1.54, 1.807) is 26.4 Å². The molecule has 182 valence electrons. The van der Waals surface area contributed by atoms with Gasteiger partial charge in [0.25, 0.3) is 0 Å². The first kappa shape index (κ1) is 27.1. The van der Waals surface area contributed by atoms with Crippen LogP contribution in [0.2, 0.25) is 0 Å². The Bertz CT molecular complexity index is 876. The third kappa shape index (κ3) is 8.31. The van der Waals surface area contributed by atoms with Crippen LogP contribution in [0.4, 0.5) is 4.39 Å². The first-order chi connectivity index (χ1) is 15.5. The van der Waals surface area contributed by atoms with Gasteiger partial charge in [-0.05, 0) is 48.7 Å². The molecule has 0 amide bonds. The molecule has 0 saturated carbocycles. The summed E-state index contributed by atoms with van der Waals surface area (Å²) in [5.41, 5.74) is 1.79. The third-order valence-electron chi connectivity index (χ3n) is 5.45. The highest BCUT2D eigenvalue weighted by molar-refractivity contribution is 14.0. The first-order valence-corrected chi connectivity index (χ1v) is 10.9. The Kier molecular flexibility index (Phi) is 11.2. The number of aliphatic hydroxyl groups is 1. The number of aliphatic imine (C=N–C) groups is 1. The molecule has 2 aromatic rings. The lowest BCUT2D eigenvalue weighted by molar-refractivity contribution is 0.187. The van der Waals surface area contributed by atoms with Crippen LogP contribution in [0.5, 0.6) is 11.5 Å². The zero-order chi connectivity index (χ0) is 22.9. The van der Waals surface area contributed by atoms with Crippen LogP contribution in [0.1, 0.15) is 30.6 Å². The number of nitrogens with one attached hydrogen (secondary N) is 2. The second-order valence-corrected chi connectivity index (χ2v) is 7.87. The predicted octanol–water partition coefficient (Wildman–Crippen LogP) is 3.32. The van der Waals surface area contributed by atoms with Gasteiger partial charge in [0.1, 0.15) is 17.3 Å². The predicted molar refractivity (Wildman–Crippen MR) is 139 cm³/mol. The normalized spacial score (nSPS) is 17.2. The summed E-state index contributed by atoms with van der Waals surface area (Å²) in [6, 6.07) is 12.0. The van der Waals surface area contributed by atoms with Gasteiger partial charge in [-0.2, -0.15) is 0 Å². The van der Waals surface area contributed by atoms with Crippen LogP contribution in [-0.2, 0) is 6.54 Å². The molecule has 1 saturated heterocycles. The SMILES string of the molecule is CCNC(=NCC(O)c1ccc(F)cc1)NC1CCN(Cc2cc(OC)cc(OC)c2)C1.I. The van der Waals surface area contributed by atoms with Gasteiger partial charge in [-0.3, -0.25) is 9.89 Å². The van der Waals surface area contributed by atoms with E-state index < -0.39 is 6.10 Å². The number of benzene rings is 2. The minimum absolute atomic E-state index is 0. The summed E-state index contributed by atoms with van der Waals surface area (Å²) in [5, 5.41) is 17.1. The second kappa shape index (κ2) is 13.6. The Labute approximate surface area is 212 Å². The van der Waals surface area contributed by atoms with Crippen LogP contribution in [0.25, 0.3) is 0 Å². The van der Waals surface area contributed by atoms with Crippen molar-refractivity contribution in [2.45, 2.75) is 32.0 Å². The van der Waals surface area contributed by atoms with Gasteiger partial charge >= 0.3 is 0 Å². The number of methoxy groups -OCH3 is 2. The Morgan fingerprint density at radius 1 is 1.18 bits per heavy atom. The molecule has 7 nitrogen and oxygen atoms in total. The summed E-state index contributed by atoms with van der Waals surface area (Å²) in [7, 11) is 3.31. The van der Waals surface area contributed by atoms with E-state index in [0.717, 1.165) is 49.7 Å². The molecule has 3 rings (SSSR count). The largest absolute Gasteiger partial charge is 0.497 e. The average Bonchev–Trinajstić information content (AvgIpc) is 3.24. The fraction of sp³-hybridized carbons (Fsp3) is 0.458. The zero-order valence-electron chi connectivity index (χ0n) is 19.4. The van der Waals surface area contributed by atoms with Gasteiger partial charge < -0.3 is 25.2 Å². The Morgan fingerprint density at radius 3 is 2.45 bits per heavy atom. The van der Waals surface area contributed by atoms with Gasteiger partial charge in [0, 0.05) is 38.3 Å². The summed E-state index contributed by atoms with van der Waals surface area (Å²) >= 11 is 0. The van der Waals surface area contributed by atoms with Gasteiger partial charge in [0.2, 0.25) is 0 Å². The highest BCUT2D eigenvalue weighted by Gasteiger charge is 2.23. The number of hydrogen-bond acceptors (Lipinski definition) is 5. The van der Waals surface area contributed by atoms with Gasteiger partial charge in [-0.25, -0.2) is 4.39 Å². The van der Waals surface area contributed by atoms with Crippen molar-refractivity contribution in [2.24, 2.45) is 4.99 Å². The molecule has 0 radical (unpaired) electrons. The maximum Gasteiger partial charge on any atom is 0.191 e. The lowest BCUT2D eigenvalue weighted by Crippen LogP contribution is -2.44. The highest BCUT2D eigenvalue weighted by atomic mass is 127. The average molecular weight is 572 g/mol. The molecule has 0 bridgehead atoms. The van der Waals surface area contributed by atoms with Crippen LogP contribution in [-0.4, -0.2) is 62.4 Å². The second-order valence-electron chi connectivity index (χ2n) is 7.87. The van der Waals surface area contributed by atoms with E-state index in [-0.39, 0.29) is 42.4 Å². The van der Waals surface area contributed by atoms with Crippen molar-refractivity contribution in [3.8, 4) is 11.5 Å². The molecule has 1 fully saturated rings. The highest BCUT2D eigenvalue weighted by Crippen LogP contribution is 2.24. The number of guanidine groups is 1. The molecule has 0 aromatic heterocycles. The zero-order valence-corrected chi connectivity index (χ0v) is 21.7. The van der Waals surface area contributed by atoms with E-state index in [2.05, 4.69) is 20.5 Å². The Morgan fingerprint density at radius 2 is 1.85 bits per heavy atom.